The first-order chi connectivity index (χ1) is 7.29. The molecule has 88 valence electrons. The Morgan fingerprint density at radius 2 is 2.19 bits per heavy atom. The van der Waals surface area contributed by atoms with E-state index in [-0.39, 0.29) is 17.3 Å². The normalized spacial score (nSPS) is 11.2. The van der Waals surface area contributed by atoms with Gasteiger partial charge in [-0.3, -0.25) is 10.1 Å². The van der Waals surface area contributed by atoms with Gasteiger partial charge in [0.2, 0.25) is 0 Å². The molecule has 1 rings (SSSR count). The molecule has 0 aliphatic carbocycles. The molecule has 0 spiro atoms. The fourth-order valence-corrected chi connectivity index (χ4v) is 1.20. The second-order valence-electron chi connectivity index (χ2n) is 3.97. The number of nitro groups is 1. The molecule has 16 heavy (non-hydrogen) atoms. The molecule has 1 aromatic carbocycles. The van der Waals surface area contributed by atoms with Crippen LogP contribution in [0.2, 0.25) is 5.02 Å². The van der Waals surface area contributed by atoms with Crippen molar-refractivity contribution in [1.82, 2.24) is 0 Å². The van der Waals surface area contributed by atoms with E-state index in [0.29, 0.717) is 5.75 Å². The van der Waals surface area contributed by atoms with Crippen LogP contribution < -0.4 is 4.74 Å². The number of halogens is 1. The Morgan fingerprint density at radius 3 is 2.62 bits per heavy atom. The highest BCUT2D eigenvalue weighted by Crippen LogP contribution is 2.29. The molecule has 0 bridgehead atoms. The van der Waals surface area contributed by atoms with Crippen LogP contribution in [-0.2, 0) is 0 Å². The number of rotatable bonds is 4. The second kappa shape index (κ2) is 4.67. The zero-order chi connectivity index (χ0) is 12.3. The predicted molar refractivity (Wildman–Crippen MR) is 59.9 cm³/mol. The molecule has 0 heterocycles. The Bertz CT molecular complexity index is 400. The fourth-order valence-electron chi connectivity index (χ4n) is 0.975. The van der Waals surface area contributed by atoms with Gasteiger partial charge in [0.1, 0.15) is 12.4 Å². The van der Waals surface area contributed by atoms with Crippen LogP contribution in [0.15, 0.2) is 18.2 Å². The van der Waals surface area contributed by atoms with Crippen molar-refractivity contribution >= 4 is 17.3 Å². The van der Waals surface area contributed by atoms with E-state index in [2.05, 4.69) is 0 Å². The molecule has 0 atom stereocenters. The highest BCUT2D eigenvalue weighted by atomic mass is 35.5. The summed E-state index contributed by atoms with van der Waals surface area (Å²) in [4.78, 5) is 9.91. The molecule has 0 aliphatic rings. The first-order valence-electron chi connectivity index (χ1n) is 4.59. The molecule has 0 saturated carbocycles. The molecule has 0 saturated heterocycles. The van der Waals surface area contributed by atoms with Gasteiger partial charge in [0.25, 0.3) is 5.69 Å². The van der Waals surface area contributed by atoms with Crippen molar-refractivity contribution < 1.29 is 14.8 Å². The van der Waals surface area contributed by atoms with Crippen LogP contribution in [0.3, 0.4) is 0 Å². The van der Waals surface area contributed by atoms with Crippen LogP contribution in [0, 0.1) is 10.1 Å². The van der Waals surface area contributed by atoms with Gasteiger partial charge < -0.3 is 9.84 Å². The Balaban J connectivity index is 2.80. The van der Waals surface area contributed by atoms with E-state index in [1.54, 1.807) is 13.8 Å². The van der Waals surface area contributed by atoms with Crippen molar-refractivity contribution in [1.29, 1.82) is 0 Å². The lowest BCUT2D eigenvalue weighted by Crippen LogP contribution is -2.27. The molecule has 0 aromatic heterocycles. The zero-order valence-corrected chi connectivity index (χ0v) is 9.69. The number of hydrogen-bond acceptors (Lipinski definition) is 4. The molecule has 0 radical (unpaired) electrons. The van der Waals surface area contributed by atoms with E-state index in [9.17, 15) is 15.2 Å². The number of hydrogen-bond donors (Lipinski definition) is 1. The van der Waals surface area contributed by atoms with Gasteiger partial charge >= 0.3 is 0 Å². The summed E-state index contributed by atoms with van der Waals surface area (Å²) in [6, 6.07) is 3.92. The van der Waals surface area contributed by atoms with Gasteiger partial charge in [-0.25, -0.2) is 0 Å². The molecule has 1 N–H and O–H groups in total. The van der Waals surface area contributed by atoms with Crippen LogP contribution >= 0.6 is 11.6 Å². The van der Waals surface area contributed by atoms with Crippen LogP contribution in [0.25, 0.3) is 0 Å². The van der Waals surface area contributed by atoms with Crippen molar-refractivity contribution in [2.75, 3.05) is 6.61 Å². The third kappa shape index (κ3) is 3.67. The molecular weight excluding hydrogens is 234 g/mol. The summed E-state index contributed by atoms with van der Waals surface area (Å²) in [6.45, 7) is 3.24. The third-order valence-corrected chi connectivity index (χ3v) is 2.00. The van der Waals surface area contributed by atoms with Crippen LogP contribution in [-0.4, -0.2) is 22.2 Å². The number of ether oxygens (including phenoxy) is 1. The minimum absolute atomic E-state index is 0.0601. The molecule has 0 unspecified atom stereocenters. The first kappa shape index (κ1) is 12.7. The lowest BCUT2D eigenvalue weighted by Gasteiger charge is -2.18. The molecule has 0 amide bonds. The third-order valence-electron chi connectivity index (χ3n) is 1.71. The SMILES string of the molecule is CC(C)(O)COc1ccc([N+](=O)[O-])cc1Cl. The number of nitrogens with zero attached hydrogens (tertiary/aromatic N) is 1. The van der Waals surface area contributed by atoms with Gasteiger partial charge in [-0.2, -0.15) is 0 Å². The zero-order valence-electron chi connectivity index (χ0n) is 8.94. The summed E-state index contributed by atoms with van der Waals surface area (Å²) in [5.74, 6) is 0.314. The molecular formula is C10H12ClNO4. The largest absolute Gasteiger partial charge is 0.489 e. The molecule has 1 aromatic rings. The maximum Gasteiger partial charge on any atom is 0.271 e. The fraction of sp³-hybridized carbons (Fsp3) is 0.400. The van der Waals surface area contributed by atoms with Crippen LogP contribution in [0.4, 0.5) is 5.69 Å². The van der Waals surface area contributed by atoms with Gasteiger partial charge in [0.15, 0.2) is 0 Å². The van der Waals surface area contributed by atoms with Gasteiger partial charge in [0, 0.05) is 12.1 Å². The highest BCUT2D eigenvalue weighted by molar-refractivity contribution is 6.32. The second-order valence-corrected chi connectivity index (χ2v) is 4.38. The molecule has 6 heteroatoms. The van der Waals surface area contributed by atoms with Crippen molar-refractivity contribution in [3.8, 4) is 5.75 Å². The number of non-ortho nitro benzene ring substituents is 1. The lowest BCUT2D eigenvalue weighted by atomic mass is 10.2. The minimum Gasteiger partial charge on any atom is -0.489 e. The van der Waals surface area contributed by atoms with E-state index in [1.807, 2.05) is 0 Å². The van der Waals surface area contributed by atoms with Crippen molar-refractivity contribution in [3.05, 3.63) is 33.3 Å². The number of benzene rings is 1. The number of aliphatic hydroxyl groups is 1. The molecule has 0 fully saturated rings. The van der Waals surface area contributed by atoms with Gasteiger partial charge in [-0.05, 0) is 19.9 Å². The summed E-state index contributed by atoms with van der Waals surface area (Å²) in [7, 11) is 0. The first-order valence-corrected chi connectivity index (χ1v) is 4.96. The standard InChI is InChI=1S/C10H12ClNO4/c1-10(2,13)6-16-9-4-3-7(12(14)15)5-8(9)11/h3-5,13H,6H2,1-2H3. The van der Waals surface area contributed by atoms with Crippen molar-refractivity contribution in [2.45, 2.75) is 19.4 Å². The maximum atomic E-state index is 10.4. The molecule has 5 nitrogen and oxygen atoms in total. The van der Waals surface area contributed by atoms with E-state index < -0.39 is 10.5 Å². The van der Waals surface area contributed by atoms with E-state index >= 15 is 0 Å². The maximum absolute atomic E-state index is 10.4. The van der Waals surface area contributed by atoms with E-state index in [1.165, 1.54) is 18.2 Å². The predicted octanol–water partition coefficient (Wildman–Crippen LogP) is 2.40. The summed E-state index contributed by atoms with van der Waals surface area (Å²) in [5.41, 5.74) is -1.08. The topological polar surface area (TPSA) is 72.6 Å². The summed E-state index contributed by atoms with van der Waals surface area (Å²) in [6.07, 6.45) is 0. The van der Waals surface area contributed by atoms with Crippen molar-refractivity contribution in [3.63, 3.8) is 0 Å². The minimum atomic E-state index is -0.981. The van der Waals surface area contributed by atoms with Crippen LogP contribution in [0.1, 0.15) is 13.8 Å². The van der Waals surface area contributed by atoms with Gasteiger partial charge in [-0.15, -0.1) is 0 Å². The van der Waals surface area contributed by atoms with Crippen molar-refractivity contribution in [2.24, 2.45) is 0 Å². The quantitative estimate of drug-likeness (QED) is 0.653. The van der Waals surface area contributed by atoms with Gasteiger partial charge in [-0.1, -0.05) is 11.6 Å². The smallest absolute Gasteiger partial charge is 0.271 e. The van der Waals surface area contributed by atoms with E-state index in [0.717, 1.165) is 0 Å². The monoisotopic (exact) mass is 245 g/mol. The van der Waals surface area contributed by atoms with E-state index in [4.69, 9.17) is 16.3 Å². The van der Waals surface area contributed by atoms with Gasteiger partial charge in [0.05, 0.1) is 15.5 Å². The summed E-state index contributed by atoms with van der Waals surface area (Å²) >= 11 is 5.79. The Morgan fingerprint density at radius 1 is 1.56 bits per heavy atom. The Kier molecular flexibility index (Phi) is 3.72. The average molecular weight is 246 g/mol. The summed E-state index contributed by atoms with van der Waals surface area (Å²) in [5, 5.41) is 20.0. The van der Waals surface area contributed by atoms with Crippen LogP contribution in [0.5, 0.6) is 5.75 Å². The average Bonchev–Trinajstić information content (AvgIpc) is 2.14. The Hall–Kier alpha value is -1.33. The number of nitro benzene ring substituents is 1. The lowest BCUT2D eigenvalue weighted by molar-refractivity contribution is -0.384. The summed E-state index contributed by atoms with van der Waals surface area (Å²) < 4.78 is 5.23. The molecule has 0 aliphatic heterocycles. The highest BCUT2D eigenvalue weighted by Gasteiger charge is 2.16. The Labute approximate surface area is 97.8 Å².